The lowest BCUT2D eigenvalue weighted by atomic mass is 9.95. The number of rotatable bonds is 6. The Hall–Kier alpha value is -1.88. The summed E-state index contributed by atoms with van der Waals surface area (Å²) in [5, 5.41) is 8.98. The Balaban J connectivity index is 1.28. The molecule has 1 aliphatic heterocycles. The molecule has 1 amide bonds. The van der Waals surface area contributed by atoms with Crippen LogP contribution >= 0.6 is 11.6 Å². The number of likely N-dealkylation sites (tertiary alicyclic amines) is 1. The first-order valence-corrected chi connectivity index (χ1v) is 8.94. The predicted molar refractivity (Wildman–Crippen MR) is 91.7 cm³/mol. The highest BCUT2D eigenvalue weighted by Crippen LogP contribution is 2.31. The molecule has 0 bridgehead atoms. The zero-order valence-corrected chi connectivity index (χ0v) is 14.3. The fourth-order valence-electron chi connectivity index (χ4n) is 3.25. The van der Waals surface area contributed by atoms with Crippen molar-refractivity contribution in [3.63, 3.8) is 0 Å². The molecule has 2 aromatic rings. The summed E-state index contributed by atoms with van der Waals surface area (Å²) in [7, 11) is 0. The first-order chi connectivity index (χ1) is 11.7. The molecule has 24 heavy (non-hydrogen) atoms. The van der Waals surface area contributed by atoms with Crippen LogP contribution in [0.4, 0.5) is 0 Å². The lowest BCUT2D eigenvalue weighted by molar-refractivity contribution is -0.136. The van der Waals surface area contributed by atoms with Crippen LogP contribution in [0.5, 0.6) is 0 Å². The van der Waals surface area contributed by atoms with E-state index in [1.54, 1.807) is 0 Å². The third-order valence-corrected chi connectivity index (χ3v) is 5.30. The Bertz CT molecular complexity index is 734. The van der Waals surface area contributed by atoms with Crippen molar-refractivity contribution in [2.75, 3.05) is 13.1 Å². The van der Waals surface area contributed by atoms with Crippen LogP contribution in [0.25, 0.3) is 0 Å². The van der Waals surface area contributed by atoms with Crippen molar-refractivity contribution in [3.8, 4) is 0 Å². The van der Waals surface area contributed by atoms with Crippen LogP contribution in [0, 0.1) is 11.8 Å². The number of aromatic nitrogens is 3. The quantitative estimate of drug-likeness (QED) is 0.809. The Morgan fingerprint density at radius 1 is 1.21 bits per heavy atom. The van der Waals surface area contributed by atoms with E-state index in [9.17, 15) is 4.79 Å². The monoisotopic (exact) mass is 344 g/mol. The maximum absolute atomic E-state index is 12.3. The van der Waals surface area contributed by atoms with Gasteiger partial charge in [-0.1, -0.05) is 29.8 Å². The van der Waals surface area contributed by atoms with E-state index in [0.29, 0.717) is 17.4 Å². The minimum atomic E-state index is 0.152. The minimum Gasteiger partial charge on any atom is -0.342 e. The second-order valence-electron chi connectivity index (χ2n) is 6.98. The number of nitrogens with zero attached hydrogens (tertiary/aromatic N) is 4. The normalized spacial score (nSPS) is 17.8. The van der Waals surface area contributed by atoms with E-state index < -0.39 is 0 Å². The smallest absolute Gasteiger partial charge is 0.227 e. The second kappa shape index (κ2) is 6.55. The van der Waals surface area contributed by atoms with Crippen molar-refractivity contribution in [2.45, 2.75) is 32.2 Å². The van der Waals surface area contributed by atoms with Crippen LogP contribution in [0.3, 0.4) is 0 Å². The molecule has 6 heteroatoms. The first kappa shape index (κ1) is 15.6. The van der Waals surface area contributed by atoms with E-state index in [1.807, 2.05) is 35.5 Å². The molecule has 1 saturated heterocycles. The SMILES string of the molecule is O=C(Cc1ccccc1Cl)N1CC(Cc2nncn2CC2CC2)C1. The zero-order chi connectivity index (χ0) is 16.5. The van der Waals surface area contributed by atoms with Gasteiger partial charge in [-0.25, -0.2) is 0 Å². The van der Waals surface area contributed by atoms with E-state index in [-0.39, 0.29) is 5.91 Å². The van der Waals surface area contributed by atoms with E-state index in [2.05, 4.69) is 14.8 Å². The van der Waals surface area contributed by atoms with Crippen LogP contribution < -0.4 is 0 Å². The molecule has 1 aromatic heterocycles. The van der Waals surface area contributed by atoms with Gasteiger partial charge in [-0.2, -0.15) is 0 Å². The Morgan fingerprint density at radius 3 is 2.75 bits per heavy atom. The molecule has 126 valence electrons. The van der Waals surface area contributed by atoms with Crippen LogP contribution in [0.15, 0.2) is 30.6 Å². The minimum absolute atomic E-state index is 0.152. The van der Waals surface area contributed by atoms with E-state index in [4.69, 9.17) is 11.6 Å². The molecular formula is C18H21ClN4O. The molecule has 0 spiro atoms. The van der Waals surface area contributed by atoms with E-state index >= 15 is 0 Å². The van der Waals surface area contributed by atoms with Crippen molar-refractivity contribution < 1.29 is 4.79 Å². The van der Waals surface area contributed by atoms with Crippen LogP contribution in [-0.4, -0.2) is 38.7 Å². The molecule has 0 unspecified atom stereocenters. The molecule has 2 aliphatic rings. The van der Waals surface area contributed by atoms with Gasteiger partial charge in [0.1, 0.15) is 12.2 Å². The lowest BCUT2D eigenvalue weighted by Crippen LogP contribution is -2.51. The molecule has 1 aromatic carbocycles. The summed E-state index contributed by atoms with van der Waals surface area (Å²) in [6, 6.07) is 7.54. The average molecular weight is 345 g/mol. The molecule has 0 radical (unpaired) electrons. The summed E-state index contributed by atoms with van der Waals surface area (Å²) in [6.07, 6.45) is 5.77. The standard InChI is InChI=1S/C18H21ClN4O/c19-16-4-2-1-3-15(16)8-18(24)22-10-14(11-22)7-17-21-20-12-23(17)9-13-5-6-13/h1-4,12-14H,5-11H2. The summed E-state index contributed by atoms with van der Waals surface area (Å²) < 4.78 is 2.19. The second-order valence-corrected chi connectivity index (χ2v) is 7.39. The highest BCUT2D eigenvalue weighted by Gasteiger charge is 2.32. The van der Waals surface area contributed by atoms with Crippen molar-refractivity contribution in [3.05, 3.63) is 47.0 Å². The summed E-state index contributed by atoms with van der Waals surface area (Å²) >= 11 is 6.13. The maximum atomic E-state index is 12.3. The van der Waals surface area contributed by atoms with Gasteiger partial charge in [0.2, 0.25) is 5.91 Å². The van der Waals surface area contributed by atoms with Crippen LogP contribution in [0.1, 0.15) is 24.2 Å². The van der Waals surface area contributed by atoms with Crippen molar-refractivity contribution >= 4 is 17.5 Å². The number of carbonyl (C=O) groups is 1. The molecule has 0 N–H and O–H groups in total. The fraction of sp³-hybridized carbons (Fsp3) is 0.500. The highest BCUT2D eigenvalue weighted by molar-refractivity contribution is 6.31. The molecular weight excluding hydrogens is 324 g/mol. The Labute approximate surface area is 146 Å². The number of carbonyl (C=O) groups excluding carboxylic acids is 1. The summed E-state index contributed by atoms with van der Waals surface area (Å²) in [6.45, 7) is 2.66. The van der Waals surface area contributed by atoms with Crippen molar-refractivity contribution in [1.82, 2.24) is 19.7 Å². The van der Waals surface area contributed by atoms with Gasteiger partial charge in [-0.15, -0.1) is 10.2 Å². The van der Waals surface area contributed by atoms with E-state index in [0.717, 1.165) is 43.4 Å². The maximum Gasteiger partial charge on any atom is 0.227 e. The fourth-order valence-corrected chi connectivity index (χ4v) is 3.45. The molecule has 0 atom stereocenters. The number of benzene rings is 1. The topological polar surface area (TPSA) is 51.0 Å². The molecule has 2 heterocycles. The third kappa shape index (κ3) is 3.46. The molecule has 5 nitrogen and oxygen atoms in total. The number of halogens is 1. The van der Waals surface area contributed by atoms with Gasteiger partial charge in [0.25, 0.3) is 0 Å². The van der Waals surface area contributed by atoms with Crippen LogP contribution in [0.2, 0.25) is 5.02 Å². The third-order valence-electron chi connectivity index (χ3n) is 4.93. The van der Waals surface area contributed by atoms with Crippen molar-refractivity contribution in [1.29, 1.82) is 0 Å². The molecule has 1 saturated carbocycles. The Kier molecular flexibility index (Phi) is 4.27. The molecule has 2 fully saturated rings. The molecule has 1 aliphatic carbocycles. The van der Waals surface area contributed by atoms with Gasteiger partial charge in [-0.05, 0) is 30.4 Å². The largest absolute Gasteiger partial charge is 0.342 e. The van der Waals surface area contributed by atoms with Gasteiger partial charge >= 0.3 is 0 Å². The van der Waals surface area contributed by atoms with Crippen LogP contribution in [-0.2, 0) is 24.2 Å². The van der Waals surface area contributed by atoms with Gasteiger partial charge < -0.3 is 9.47 Å². The van der Waals surface area contributed by atoms with Crippen molar-refractivity contribution in [2.24, 2.45) is 11.8 Å². The summed E-state index contributed by atoms with van der Waals surface area (Å²) in [4.78, 5) is 14.3. The Morgan fingerprint density at radius 2 is 2.00 bits per heavy atom. The zero-order valence-electron chi connectivity index (χ0n) is 13.6. The summed E-state index contributed by atoms with van der Waals surface area (Å²) in [5.74, 6) is 2.51. The highest BCUT2D eigenvalue weighted by atomic mass is 35.5. The van der Waals surface area contributed by atoms with Gasteiger partial charge in [0.15, 0.2) is 0 Å². The average Bonchev–Trinajstić information content (AvgIpc) is 3.23. The van der Waals surface area contributed by atoms with Gasteiger partial charge in [0, 0.05) is 37.0 Å². The van der Waals surface area contributed by atoms with Gasteiger partial charge in [0.05, 0.1) is 6.42 Å². The van der Waals surface area contributed by atoms with E-state index in [1.165, 1.54) is 12.8 Å². The predicted octanol–water partition coefficient (Wildman–Crippen LogP) is 2.59. The number of hydrogen-bond acceptors (Lipinski definition) is 3. The molecule has 4 rings (SSSR count). The number of amides is 1. The van der Waals surface area contributed by atoms with Gasteiger partial charge in [-0.3, -0.25) is 4.79 Å². The summed E-state index contributed by atoms with van der Waals surface area (Å²) in [5.41, 5.74) is 0.900. The first-order valence-electron chi connectivity index (χ1n) is 8.57. The lowest BCUT2D eigenvalue weighted by Gasteiger charge is -2.39. The number of hydrogen-bond donors (Lipinski definition) is 0.